The number of rotatable bonds is 4. The summed E-state index contributed by atoms with van der Waals surface area (Å²) >= 11 is 3.45. The molecule has 0 spiro atoms. The zero-order valence-corrected chi connectivity index (χ0v) is 13.6. The fourth-order valence-corrected chi connectivity index (χ4v) is 2.97. The molecular formula is C16H17BrN4O. The van der Waals surface area contributed by atoms with Crippen LogP contribution in [0.2, 0.25) is 0 Å². The Morgan fingerprint density at radius 1 is 1.32 bits per heavy atom. The molecule has 1 atom stereocenters. The normalized spacial score (nSPS) is 17.5. The van der Waals surface area contributed by atoms with Crippen molar-refractivity contribution in [2.75, 3.05) is 23.3 Å². The number of benzene rings is 1. The average Bonchev–Trinajstić information content (AvgIpc) is 2.97. The quantitative estimate of drug-likeness (QED) is 0.878. The molecule has 0 radical (unpaired) electrons. The lowest BCUT2D eigenvalue weighted by molar-refractivity contribution is 0.100. The van der Waals surface area contributed by atoms with Crippen LogP contribution in [-0.2, 0) is 0 Å². The molecule has 0 saturated carbocycles. The van der Waals surface area contributed by atoms with E-state index in [9.17, 15) is 4.79 Å². The van der Waals surface area contributed by atoms with Crippen molar-refractivity contribution in [1.82, 2.24) is 4.98 Å². The highest BCUT2D eigenvalue weighted by Crippen LogP contribution is 2.25. The van der Waals surface area contributed by atoms with Gasteiger partial charge in [0.05, 0.1) is 11.3 Å². The smallest absolute Gasteiger partial charge is 0.252 e. The first kappa shape index (κ1) is 14.8. The van der Waals surface area contributed by atoms with E-state index in [1.54, 1.807) is 12.3 Å². The molecule has 1 unspecified atom stereocenters. The fraction of sp³-hybridized carbons (Fsp3) is 0.250. The number of anilines is 2. The van der Waals surface area contributed by atoms with Crippen molar-refractivity contribution in [1.29, 1.82) is 0 Å². The Bertz CT molecular complexity index is 674. The van der Waals surface area contributed by atoms with Gasteiger partial charge in [0.2, 0.25) is 0 Å². The minimum atomic E-state index is -0.460. The Hall–Kier alpha value is -2.08. The standard InChI is InChI=1S/C16H17BrN4O/c17-11-1-3-13(4-2-11)21-8-6-12(10-21)20-15-5-7-19-9-14(15)16(18)22/h1-5,7,9,12H,6,8,10H2,(H2,18,22)(H,19,20). The van der Waals surface area contributed by atoms with Crippen LogP contribution in [0.3, 0.4) is 0 Å². The van der Waals surface area contributed by atoms with Crippen molar-refractivity contribution in [3.63, 3.8) is 0 Å². The molecule has 1 fully saturated rings. The maximum Gasteiger partial charge on any atom is 0.252 e. The number of amides is 1. The van der Waals surface area contributed by atoms with Crippen LogP contribution in [0.1, 0.15) is 16.8 Å². The monoisotopic (exact) mass is 360 g/mol. The van der Waals surface area contributed by atoms with Crippen molar-refractivity contribution >= 4 is 33.2 Å². The number of carbonyl (C=O) groups is 1. The van der Waals surface area contributed by atoms with Crippen LogP contribution in [0.25, 0.3) is 0 Å². The number of hydrogen-bond acceptors (Lipinski definition) is 4. The Morgan fingerprint density at radius 3 is 2.82 bits per heavy atom. The third kappa shape index (κ3) is 3.22. The van der Waals surface area contributed by atoms with Crippen molar-refractivity contribution in [2.24, 2.45) is 5.73 Å². The molecule has 1 aliphatic rings. The number of carbonyl (C=O) groups excluding carboxylic acids is 1. The Balaban J connectivity index is 1.69. The maximum atomic E-state index is 11.4. The van der Waals surface area contributed by atoms with Gasteiger partial charge in [-0.15, -0.1) is 0 Å². The number of nitrogens with two attached hydrogens (primary N) is 1. The highest BCUT2D eigenvalue weighted by atomic mass is 79.9. The summed E-state index contributed by atoms with van der Waals surface area (Å²) < 4.78 is 1.08. The molecule has 0 bridgehead atoms. The molecule has 3 rings (SSSR count). The van der Waals surface area contributed by atoms with E-state index in [1.165, 1.54) is 11.9 Å². The van der Waals surface area contributed by atoms with Crippen LogP contribution in [0.15, 0.2) is 47.2 Å². The van der Waals surface area contributed by atoms with Gasteiger partial charge in [-0.3, -0.25) is 9.78 Å². The molecule has 0 aliphatic carbocycles. The van der Waals surface area contributed by atoms with Crippen molar-refractivity contribution in [2.45, 2.75) is 12.5 Å². The Kier molecular flexibility index (Phi) is 4.29. The lowest BCUT2D eigenvalue weighted by atomic mass is 10.2. The van der Waals surface area contributed by atoms with Gasteiger partial charge in [-0.2, -0.15) is 0 Å². The summed E-state index contributed by atoms with van der Waals surface area (Å²) in [6, 6.07) is 10.4. The highest BCUT2D eigenvalue weighted by molar-refractivity contribution is 9.10. The number of pyridine rings is 1. The highest BCUT2D eigenvalue weighted by Gasteiger charge is 2.23. The summed E-state index contributed by atoms with van der Waals surface area (Å²) in [6.45, 7) is 1.87. The Morgan fingerprint density at radius 2 is 2.09 bits per heavy atom. The predicted molar refractivity (Wildman–Crippen MR) is 91.1 cm³/mol. The second-order valence-corrected chi connectivity index (χ2v) is 6.25. The summed E-state index contributed by atoms with van der Waals surface area (Å²) in [5, 5.41) is 3.41. The van der Waals surface area contributed by atoms with E-state index in [4.69, 9.17) is 5.73 Å². The van der Waals surface area contributed by atoms with Crippen LogP contribution in [-0.4, -0.2) is 30.0 Å². The zero-order valence-electron chi connectivity index (χ0n) is 12.0. The van der Waals surface area contributed by atoms with Crippen molar-refractivity contribution in [3.8, 4) is 0 Å². The van der Waals surface area contributed by atoms with Crippen LogP contribution in [0.4, 0.5) is 11.4 Å². The van der Waals surface area contributed by atoms with Crippen LogP contribution in [0.5, 0.6) is 0 Å². The van der Waals surface area contributed by atoms with E-state index in [0.29, 0.717) is 5.56 Å². The molecule has 1 aliphatic heterocycles. The minimum Gasteiger partial charge on any atom is -0.380 e. The van der Waals surface area contributed by atoms with Gasteiger partial charge in [0.1, 0.15) is 0 Å². The molecule has 114 valence electrons. The molecule has 1 aromatic carbocycles. The van der Waals surface area contributed by atoms with E-state index in [1.807, 2.05) is 12.1 Å². The third-order valence-corrected chi connectivity index (χ3v) is 4.35. The van der Waals surface area contributed by atoms with Crippen LogP contribution >= 0.6 is 15.9 Å². The predicted octanol–water partition coefficient (Wildman–Crippen LogP) is 2.63. The second kappa shape index (κ2) is 6.36. The zero-order chi connectivity index (χ0) is 15.5. The SMILES string of the molecule is NC(=O)c1cnccc1NC1CCN(c2ccc(Br)cc2)C1. The number of hydrogen-bond donors (Lipinski definition) is 2. The number of nitrogens with one attached hydrogen (secondary N) is 1. The third-order valence-electron chi connectivity index (χ3n) is 3.83. The number of aromatic nitrogens is 1. The van der Waals surface area contributed by atoms with E-state index < -0.39 is 5.91 Å². The molecule has 1 saturated heterocycles. The van der Waals surface area contributed by atoms with Gasteiger partial charge >= 0.3 is 0 Å². The first-order chi connectivity index (χ1) is 10.6. The minimum absolute atomic E-state index is 0.282. The molecule has 6 heteroatoms. The summed E-state index contributed by atoms with van der Waals surface area (Å²) in [5.74, 6) is -0.460. The first-order valence-corrected chi connectivity index (χ1v) is 7.93. The van der Waals surface area contributed by atoms with Crippen LogP contribution < -0.4 is 16.0 Å². The van der Waals surface area contributed by atoms with Crippen molar-refractivity contribution < 1.29 is 4.79 Å². The van der Waals surface area contributed by atoms with Gasteiger partial charge in [0.15, 0.2) is 0 Å². The summed E-state index contributed by atoms with van der Waals surface area (Å²) in [6.07, 6.45) is 4.18. The van der Waals surface area contributed by atoms with E-state index in [0.717, 1.165) is 29.7 Å². The van der Waals surface area contributed by atoms with Gasteiger partial charge in [0.25, 0.3) is 5.91 Å². The summed E-state index contributed by atoms with van der Waals surface area (Å²) in [4.78, 5) is 17.7. The van der Waals surface area contributed by atoms with E-state index >= 15 is 0 Å². The van der Waals surface area contributed by atoms with E-state index in [-0.39, 0.29) is 6.04 Å². The first-order valence-electron chi connectivity index (χ1n) is 7.14. The lowest BCUT2D eigenvalue weighted by Gasteiger charge is -2.20. The average molecular weight is 361 g/mol. The largest absolute Gasteiger partial charge is 0.380 e. The lowest BCUT2D eigenvalue weighted by Crippen LogP contribution is -2.27. The summed E-state index contributed by atoms with van der Waals surface area (Å²) in [7, 11) is 0. The maximum absolute atomic E-state index is 11.4. The molecule has 2 aromatic rings. The summed E-state index contributed by atoms with van der Waals surface area (Å²) in [5.41, 5.74) is 7.78. The van der Waals surface area contributed by atoms with Crippen molar-refractivity contribution in [3.05, 3.63) is 52.8 Å². The van der Waals surface area contributed by atoms with Gasteiger partial charge in [-0.05, 0) is 36.8 Å². The molecule has 1 aromatic heterocycles. The Labute approximate surface area is 137 Å². The molecule has 5 nitrogen and oxygen atoms in total. The molecule has 1 amide bonds. The topological polar surface area (TPSA) is 71.2 Å². The number of halogens is 1. The molecule has 3 N–H and O–H groups in total. The number of primary amides is 1. The van der Waals surface area contributed by atoms with Gasteiger partial charge < -0.3 is 16.0 Å². The molecule has 2 heterocycles. The van der Waals surface area contributed by atoms with Gasteiger partial charge in [0, 0.05) is 41.7 Å². The van der Waals surface area contributed by atoms with E-state index in [2.05, 4.69) is 43.3 Å². The van der Waals surface area contributed by atoms with Crippen LogP contribution in [0, 0.1) is 0 Å². The second-order valence-electron chi connectivity index (χ2n) is 5.34. The van der Waals surface area contributed by atoms with Gasteiger partial charge in [-0.25, -0.2) is 0 Å². The molecular weight excluding hydrogens is 344 g/mol. The van der Waals surface area contributed by atoms with Gasteiger partial charge in [-0.1, -0.05) is 15.9 Å². The number of nitrogens with zero attached hydrogens (tertiary/aromatic N) is 2. The molecule has 22 heavy (non-hydrogen) atoms. The fourth-order valence-electron chi connectivity index (χ4n) is 2.70.